The number of carbonyl (C=O) groups is 2. The molecule has 0 radical (unpaired) electrons. The van der Waals surface area contributed by atoms with Gasteiger partial charge in [-0.05, 0) is 51.9 Å². The smallest absolute Gasteiger partial charge is 0.331 e. The first-order chi connectivity index (χ1) is 13.6. The fourth-order valence-corrected chi connectivity index (χ4v) is 2.72. The normalized spacial score (nSPS) is 24.6. The molecule has 1 aliphatic rings. The molecule has 0 aliphatic carbocycles. The third kappa shape index (κ3) is 13.9. The van der Waals surface area contributed by atoms with E-state index >= 15 is 0 Å². The van der Waals surface area contributed by atoms with E-state index in [9.17, 15) is 14.7 Å². The van der Waals surface area contributed by atoms with E-state index in [2.05, 4.69) is 12.2 Å². The highest BCUT2D eigenvalue weighted by Gasteiger charge is 2.05. The number of ether oxygens (including phenoxy) is 1. The predicted molar refractivity (Wildman–Crippen MR) is 114 cm³/mol. The topological polar surface area (TPSA) is 63.6 Å². The van der Waals surface area contributed by atoms with Crippen molar-refractivity contribution in [3.05, 3.63) is 60.8 Å². The zero-order valence-electron chi connectivity index (χ0n) is 17.0. The second-order valence-electron chi connectivity index (χ2n) is 7.02. The number of rotatable bonds is 0. The Hall–Kier alpha value is -2.20. The van der Waals surface area contributed by atoms with Crippen molar-refractivity contribution in [2.75, 3.05) is 0 Å². The van der Waals surface area contributed by atoms with Crippen molar-refractivity contribution in [1.82, 2.24) is 0 Å². The van der Waals surface area contributed by atoms with Gasteiger partial charge in [0.25, 0.3) is 0 Å². The van der Waals surface area contributed by atoms with Crippen molar-refractivity contribution in [1.29, 1.82) is 0 Å². The molecule has 28 heavy (non-hydrogen) atoms. The van der Waals surface area contributed by atoms with E-state index in [0.29, 0.717) is 25.0 Å². The van der Waals surface area contributed by atoms with Gasteiger partial charge in [0.1, 0.15) is 5.78 Å². The van der Waals surface area contributed by atoms with Gasteiger partial charge >= 0.3 is 5.97 Å². The Morgan fingerprint density at radius 2 is 1.64 bits per heavy atom. The Morgan fingerprint density at radius 1 is 0.893 bits per heavy atom. The first-order valence-electron chi connectivity index (χ1n) is 10.3. The molecule has 154 valence electrons. The van der Waals surface area contributed by atoms with E-state index in [4.69, 9.17) is 4.74 Å². The molecule has 1 N–H and O–H groups in total. The lowest BCUT2D eigenvalue weighted by atomic mass is 10.1. The van der Waals surface area contributed by atoms with Crippen molar-refractivity contribution >= 4 is 11.8 Å². The van der Waals surface area contributed by atoms with Crippen molar-refractivity contribution in [3.63, 3.8) is 0 Å². The summed E-state index contributed by atoms with van der Waals surface area (Å²) in [4.78, 5) is 23.6. The van der Waals surface area contributed by atoms with Crippen LogP contribution in [-0.4, -0.2) is 29.1 Å². The number of esters is 1. The first kappa shape index (κ1) is 23.8. The molecule has 1 heterocycles. The standard InChI is InChI=1S/C24H34O4/c1-21-15-9-4-2-5-10-16-22(25)17-11-6-3-7-12-18-23(26)19-13-8-14-20-24(27)28-21/h2-3,5,7-8,12-14,18,20-21,23,26H,4,6,9-11,15-17,19H2,1H3. The molecule has 0 spiro atoms. The summed E-state index contributed by atoms with van der Waals surface area (Å²) in [5.74, 6) is -0.0508. The maximum Gasteiger partial charge on any atom is 0.331 e. The van der Waals surface area contributed by atoms with Crippen LogP contribution < -0.4 is 0 Å². The van der Waals surface area contributed by atoms with E-state index in [1.165, 1.54) is 6.08 Å². The van der Waals surface area contributed by atoms with Gasteiger partial charge in [0.2, 0.25) is 0 Å². The van der Waals surface area contributed by atoms with Gasteiger partial charge in [0, 0.05) is 18.9 Å². The minimum atomic E-state index is -0.568. The third-order valence-electron chi connectivity index (χ3n) is 4.32. The second kappa shape index (κ2) is 15.8. The van der Waals surface area contributed by atoms with Crippen molar-refractivity contribution in [2.45, 2.75) is 76.9 Å². The Balaban J connectivity index is 2.55. The molecular weight excluding hydrogens is 352 g/mol. The number of carbonyl (C=O) groups excluding carboxylic acids is 2. The molecule has 0 aromatic carbocycles. The lowest BCUT2D eigenvalue weighted by molar-refractivity contribution is -0.142. The molecule has 2 atom stereocenters. The highest BCUT2D eigenvalue weighted by atomic mass is 16.5. The fourth-order valence-electron chi connectivity index (χ4n) is 2.72. The van der Waals surface area contributed by atoms with Crippen LogP contribution in [0.2, 0.25) is 0 Å². The summed E-state index contributed by atoms with van der Waals surface area (Å²) < 4.78 is 5.33. The summed E-state index contributed by atoms with van der Waals surface area (Å²) in [7, 11) is 0. The maximum absolute atomic E-state index is 11.8. The molecule has 0 saturated carbocycles. The average molecular weight is 387 g/mol. The average Bonchev–Trinajstić information content (AvgIpc) is 2.65. The molecule has 0 amide bonds. The first-order valence-corrected chi connectivity index (χ1v) is 10.3. The summed E-state index contributed by atoms with van der Waals surface area (Å²) in [6.07, 6.45) is 24.4. The van der Waals surface area contributed by atoms with Gasteiger partial charge in [-0.25, -0.2) is 4.79 Å². The van der Waals surface area contributed by atoms with Crippen LogP contribution in [0.15, 0.2) is 60.8 Å². The number of allylic oxidation sites excluding steroid dienone is 7. The molecule has 0 saturated heterocycles. The Morgan fingerprint density at radius 3 is 2.50 bits per heavy atom. The molecule has 1 rings (SSSR count). The molecule has 1 aliphatic heterocycles. The predicted octanol–water partition coefficient (Wildman–Crippen LogP) is 5.15. The number of cyclic esters (lactones) is 1. The van der Waals surface area contributed by atoms with Crippen LogP contribution in [0, 0.1) is 0 Å². The molecular formula is C24H34O4. The lowest BCUT2D eigenvalue weighted by Crippen LogP contribution is -2.12. The Labute approximate surface area is 169 Å². The molecule has 0 aromatic heterocycles. The van der Waals surface area contributed by atoms with Gasteiger partial charge in [-0.2, -0.15) is 0 Å². The number of hydrogen-bond donors (Lipinski definition) is 1. The van der Waals surface area contributed by atoms with E-state index in [-0.39, 0.29) is 12.1 Å². The summed E-state index contributed by atoms with van der Waals surface area (Å²) >= 11 is 0. The Kier molecular flexibility index (Phi) is 13.5. The van der Waals surface area contributed by atoms with Crippen LogP contribution in [0.25, 0.3) is 0 Å². The molecule has 0 aromatic rings. The lowest BCUT2D eigenvalue weighted by Gasteiger charge is -2.10. The third-order valence-corrected chi connectivity index (χ3v) is 4.32. The molecule has 4 nitrogen and oxygen atoms in total. The number of ketones is 1. The Bertz CT molecular complexity index is 596. The molecule has 2 unspecified atom stereocenters. The highest BCUT2D eigenvalue weighted by Crippen LogP contribution is 2.08. The van der Waals surface area contributed by atoms with Gasteiger partial charge in [-0.1, -0.05) is 54.7 Å². The van der Waals surface area contributed by atoms with Crippen LogP contribution in [0.1, 0.15) is 64.7 Å². The van der Waals surface area contributed by atoms with Gasteiger partial charge < -0.3 is 9.84 Å². The van der Waals surface area contributed by atoms with Crippen LogP contribution in [0.4, 0.5) is 0 Å². The van der Waals surface area contributed by atoms with Crippen LogP contribution in [-0.2, 0) is 14.3 Å². The van der Waals surface area contributed by atoms with E-state index in [0.717, 1.165) is 38.5 Å². The highest BCUT2D eigenvalue weighted by molar-refractivity contribution is 5.82. The molecule has 0 bridgehead atoms. The quantitative estimate of drug-likeness (QED) is 0.462. The summed E-state index contributed by atoms with van der Waals surface area (Å²) in [6.45, 7) is 1.89. The number of aliphatic hydroxyl groups excluding tert-OH is 1. The summed E-state index contributed by atoms with van der Waals surface area (Å²) in [5, 5.41) is 9.86. The van der Waals surface area contributed by atoms with Crippen LogP contribution >= 0.6 is 0 Å². The van der Waals surface area contributed by atoms with Crippen molar-refractivity contribution in [3.8, 4) is 0 Å². The van der Waals surface area contributed by atoms with Gasteiger partial charge in [-0.15, -0.1) is 0 Å². The number of hydrogen-bond acceptors (Lipinski definition) is 4. The second-order valence-corrected chi connectivity index (χ2v) is 7.02. The van der Waals surface area contributed by atoms with Crippen molar-refractivity contribution < 1.29 is 19.4 Å². The SMILES string of the molecule is CC1CCCC=CCCC(=O)CCCC=CC=CC(O)CC=CC=CC(=O)O1. The van der Waals surface area contributed by atoms with E-state index in [1.807, 2.05) is 31.2 Å². The minimum Gasteiger partial charge on any atom is -0.460 e. The van der Waals surface area contributed by atoms with Gasteiger partial charge in [0.15, 0.2) is 0 Å². The number of Topliss-reactive ketones (excluding diaryl/α,β-unsaturated/α-hetero) is 1. The largest absolute Gasteiger partial charge is 0.460 e. The van der Waals surface area contributed by atoms with Crippen LogP contribution in [0.5, 0.6) is 0 Å². The van der Waals surface area contributed by atoms with E-state index in [1.54, 1.807) is 18.2 Å². The minimum absolute atomic E-state index is 0.123. The fraction of sp³-hybridized carbons (Fsp3) is 0.500. The summed E-state index contributed by atoms with van der Waals surface area (Å²) in [5.41, 5.74) is 0. The van der Waals surface area contributed by atoms with Gasteiger partial charge in [0.05, 0.1) is 12.2 Å². The van der Waals surface area contributed by atoms with Crippen LogP contribution in [0.3, 0.4) is 0 Å². The zero-order chi connectivity index (χ0) is 20.5. The monoisotopic (exact) mass is 386 g/mol. The van der Waals surface area contributed by atoms with Crippen molar-refractivity contribution in [2.24, 2.45) is 0 Å². The number of aliphatic hydroxyl groups is 1. The van der Waals surface area contributed by atoms with E-state index < -0.39 is 6.10 Å². The molecule has 4 heteroatoms. The van der Waals surface area contributed by atoms with Gasteiger partial charge in [-0.3, -0.25) is 4.79 Å². The summed E-state index contributed by atoms with van der Waals surface area (Å²) in [6, 6.07) is 0. The maximum atomic E-state index is 11.8. The molecule has 0 fully saturated rings. The zero-order valence-corrected chi connectivity index (χ0v) is 17.0.